The van der Waals surface area contributed by atoms with E-state index in [9.17, 15) is 24.5 Å². The van der Waals surface area contributed by atoms with Crippen molar-refractivity contribution in [1.82, 2.24) is 5.32 Å². The molecule has 0 unspecified atom stereocenters. The molecule has 10 heteroatoms. The first kappa shape index (κ1) is 21.2. The number of ether oxygens (including phenoxy) is 1. The van der Waals surface area contributed by atoms with Crippen molar-refractivity contribution in [1.29, 1.82) is 0 Å². The van der Waals surface area contributed by atoms with Crippen LogP contribution in [-0.2, 0) is 16.1 Å². The molecule has 1 aromatic heterocycles. The zero-order chi connectivity index (χ0) is 22.2. The molecule has 0 aliphatic rings. The minimum atomic E-state index is -0.958. The number of nitro groups is 1. The summed E-state index contributed by atoms with van der Waals surface area (Å²) in [4.78, 5) is 46.6. The monoisotopic (exact) mass is 423 g/mol. The van der Waals surface area contributed by atoms with Crippen LogP contribution in [0.5, 0.6) is 0 Å². The molecule has 2 N–H and O–H groups in total. The fraction of sp³-hybridized carbons (Fsp3) is 0.0952. The zero-order valence-electron chi connectivity index (χ0n) is 16.1. The van der Waals surface area contributed by atoms with Crippen LogP contribution >= 0.6 is 0 Å². The normalized spacial score (nSPS) is 10.2. The van der Waals surface area contributed by atoms with Gasteiger partial charge in [0.2, 0.25) is 0 Å². The van der Waals surface area contributed by atoms with E-state index in [2.05, 4.69) is 5.32 Å². The molecule has 0 aliphatic heterocycles. The number of benzene rings is 2. The van der Waals surface area contributed by atoms with Crippen molar-refractivity contribution in [3.05, 3.63) is 93.9 Å². The largest absolute Gasteiger partial charge is 0.459 e. The Balaban J connectivity index is 1.67. The van der Waals surface area contributed by atoms with Gasteiger partial charge in [-0.3, -0.25) is 25.0 Å². The second-order valence-electron chi connectivity index (χ2n) is 6.26. The predicted octanol–water partition coefficient (Wildman–Crippen LogP) is 2.91. The summed E-state index contributed by atoms with van der Waals surface area (Å²) in [6.07, 6.45) is 1.27. The molecule has 31 heavy (non-hydrogen) atoms. The Labute approximate surface area is 176 Å². The van der Waals surface area contributed by atoms with Crippen LogP contribution in [0.25, 0.3) is 0 Å². The molecular formula is C21H17N3O7. The second-order valence-corrected chi connectivity index (χ2v) is 6.26. The maximum atomic E-state index is 12.5. The average Bonchev–Trinajstić information content (AvgIpc) is 3.32. The Morgan fingerprint density at radius 1 is 1.03 bits per heavy atom. The van der Waals surface area contributed by atoms with Crippen molar-refractivity contribution in [2.45, 2.75) is 6.54 Å². The lowest BCUT2D eigenvalue weighted by Gasteiger charge is -2.12. The molecule has 0 saturated carbocycles. The maximum absolute atomic E-state index is 12.5. The average molecular weight is 423 g/mol. The van der Waals surface area contributed by atoms with Gasteiger partial charge in [-0.2, -0.15) is 0 Å². The van der Waals surface area contributed by atoms with Crippen molar-refractivity contribution in [3.63, 3.8) is 0 Å². The number of hydrogen-bond donors (Lipinski definition) is 2. The van der Waals surface area contributed by atoms with Crippen molar-refractivity contribution in [3.8, 4) is 0 Å². The van der Waals surface area contributed by atoms with Crippen LogP contribution in [0.3, 0.4) is 0 Å². The van der Waals surface area contributed by atoms with Gasteiger partial charge in [0.1, 0.15) is 0 Å². The summed E-state index contributed by atoms with van der Waals surface area (Å²) in [6, 6.07) is 15.8. The number of hydrogen-bond acceptors (Lipinski definition) is 8. The molecule has 3 aromatic rings. The summed E-state index contributed by atoms with van der Waals surface area (Å²) >= 11 is 0. The molecule has 0 atom stereocenters. The van der Waals surface area contributed by atoms with Gasteiger partial charge in [-0.05, 0) is 23.8 Å². The molecule has 0 spiro atoms. The van der Waals surface area contributed by atoms with Crippen LogP contribution in [0.15, 0.2) is 71.3 Å². The van der Waals surface area contributed by atoms with Gasteiger partial charge in [0.15, 0.2) is 12.4 Å². The first-order chi connectivity index (χ1) is 14.9. The first-order valence-electron chi connectivity index (χ1n) is 9.05. The third-order valence-corrected chi connectivity index (χ3v) is 4.09. The van der Waals surface area contributed by atoms with E-state index < -0.39 is 29.3 Å². The zero-order valence-corrected chi connectivity index (χ0v) is 16.1. The minimum Gasteiger partial charge on any atom is -0.459 e. The van der Waals surface area contributed by atoms with Crippen LogP contribution < -0.4 is 10.6 Å². The maximum Gasteiger partial charge on any atom is 0.341 e. The lowest BCUT2D eigenvalue weighted by molar-refractivity contribution is -0.384. The molecule has 0 radical (unpaired) electrons. The third-order valence-electron chi connectivity index (χ3n) is 4.09. The number of anilines is 1. The standard InChI is InChI=1S/C21H17N3O7/c25-19(23-20(26)18-7-4-10-30-18)13-31-21(27)16-11-15(24(28)29)8-9-17(16)22-12-14-5-2-1-3-6-14/h1-11,22H,12-13H2,(H,23,25,26). The summed E-state index contributed by atoms with van der Waals surface area (Å²) in [7, 11) is 0. The van der Waals surface area contributed by atoms with E-state index in [-0.39, 0.29) is 17.0 Å². The van der Waals surface area contributed by atoms with Crippen molar-refractivity contribution in [2.75, 3.05) is 11.9 Å². The Hall–Kier alpha value is -4.47. The number of carbonyl (C=O) groups excluding carboxylic acids is 3. The highest BCUT2D eigenvalue weighted by Crippen LogP contribution is 2.23. The van der Waals surface area contributed by atoms with Crippen LogP contribution in [-0.4, -0.2) is 29.3 Å². The van der Waals surface area contributed by atoms with Crippen molar-refractivity contribution < 1.29 is 28.5 Å². The summed E-state index contributed by atoms with van der Waals surface area (Å²) in [5.41, 5.74) is 0.799. The van der Waals surface area contributed by atoms with E-state index in [1.165, 1.54) is 30.5 Å². The molecule has 1 heterocycles. The quantitative estimate of drug-likeness (QED) is 0.320. The lowest BCUT2D eigenvalue weighted by atomic mass is 10.1. The number of imide groups is 1. The highest BCUT2D eigenvalue weighted by Gasteiger charge is 2.20. The van der Waals surface area contributed by atoms with Gasteiger partial charge in [0, 0.05) is 24.4 Å². The Morgan fingerprint density at radius 3 is 2.48 bits per heavy atom. The van der Waals surface area contributed by atoms with Gasteiger partial charge >= 0.3 is 5.97 Å². The Bertz CT molecular complexity index is 1100. The molecule has 10 nitrogen and oxygen atoms in total. The number of nitrogens with zero attached hydrogens (tertiary/aromatic N) is 1. The van der Waals surface area contributed by atoms with Gasteiger partial charge in [-0.25, -0.2) is 4.79 Å². The predicted molar refractivity (Wildman–Crippen MR) is 108 cm³/mol. The summed E-state index contributed by atoms with van der Waals surface area (Å²) in [5, 5.41) is 16.1. The topological polar surface area (TPSA) is 141 Å². The lowest BCUT2D eigenvalue weighted by Crippen LogP contribution is -2.34. The molecule has 2 aromatic carbocycles. The van der Waals surface area contributed by atoms with Gasteiger partial charge in [-0.1, -0.05) is 30.3 Å². The minimum absolute atomic E-state index is 0.0780. The van der Waals surface area contributed by atoms with Crippen LogP contribution in [0.1, 0.15) is 26.5 Å². The van der Waals surface area contributed by atoms with Crippen molar-refractivity contribution >= 4 is 29.2 Å². The molecule has 0 bridgehead atoms. The number of rotatable bonds is 8. The smallest absolute Gasteiger partial charge is 0.341 e. The number of non-ortho nitro benzene ring substituents is 1. The fourth-order valence-corrected chi connectivity index (χ4v) is 2.60. The first-order valence-corrected chi connectivity index (χ1v) is 9.05. The number of amides is 2. The number of nitrogens with one attached hydrogen (secondary N) is 2. The van der Waals surface area contributed by atoms with Gasteiger partial charge in [0.05, 0.1) is 16.7 Å². The molecule has 0 saturated heterocycles. The van der Waals surface area contributed by atoms with Crippen LogP contribution in [0, 0.1) is 10.1 Å². The summed E-state index contributed by atoms with van der Waals surface area (Å²) < 4.78 is 9.80. The third kappa shape index (κ3) is 5.76. The molecular weight excluding hydrogens is 406 g/mol. The van der Waals surface area contributed by atoms with E-state index in [1.54, 1.807) is 0 Å². The van der Waals surface area contributed by atoms with Crippen LogP contribution in [0.2, 0.25) is 0 Å². The Kier molecular flexibility index (Phi) is 6.74. The summed E-state index contributed by atoms with van der Waals surface area (Å²) in [5.74, 6) is -2.70. The van der Waals surface area contributed by atoms with E-state index >= 15 is 0 Å². The van der Waals surface area contributed by atoms with E-state index in [4.69, 9.17) is 9.15 Å². The second kappa shape index (κ2) is 9.83. The highest BCUT2D eigenvalue weighted by molar-refractivity contribution is 6.04. The molecule has 0 fully saturated rings. The number of esters is 1. The SMILES string of the molecule is O=C(COC(=O)c1cc([N+](=O)[O-])ccc1NCc1ccccc1)NC(=O)c1ccco1. The van der Waals surface area contributed by atoms with Gasteiger partial charge in [0.25, 0.3) is 17.5 Å². The number of nitro benzene ring substituents is 1. The molecule has 158 valence electrons. The van der Waals surface area contributed by atoms with Gasteiger partial charge in [-0.15, -0.1) is 0 Å². The molecule has 2 amide bonds. The Morgan fingerprint density at radius 2 is 1.81 bits per heavy atom. The van der Waals surface area contributed by atoms with E-state index in [1.807, 2.05) is 35.6 Å². The van der Waals surface area contributed by atoms with Gasteiger partial charge < -0.3 is 14.5 Å². The molecule has 0 aliphatic carbocycles. The highest BCUT2D eigenvalue weighted by atomic mass is 16.6. The summed E-state index contributed by atoms with van der Waals surface area (Å²) in [6.45, 7) is -0.400. The fourth-order valence-electron chi connectivity index (χ4n) is 2.60. The van der Waals surface area contributed by atoms with Crippen molar-refractivity contribution in [2.24, 2.45) is 0 Å². The number of furan rings is 1. The van der Waals surface area contributed by atoms with E-state index in [0.717, 1.165) is 11.6 Å². The van der Waals surface area contributed by atoms with Crippen LogP contribution in [0.4, 0.5) is 11.4 Å². The number of carbonyl (C=O) groups is 3. The molecule has 3 rings (SSSR count). The van der Waals surface area contributed by atoms with E-state index in [0.29, 0.717) is 12.2 Å².